The van der Waals surface area contributed by atoms with E-state index in [9.17, 15) is 19.5 Å². The smallest absolute Gasteiger partial charge is 0.341 e. The average molecular weight is 376 g/mol. The van der Waals surface area contributed by atoms with E-state index in [2.05, 4.69) is 5.32 Å². The number of allylic oxidation sites excluding steroid dienone is 2. The highest BCUT2D eigenvalue weighted by molar-refractivity contribution is 7.16. The van der Waals surface area contributed by atoms with Crippen LogP contribution in [0.25, 0.3) is 0 Å². The van der Waals surface area contributed by atoms with E-state index < -0.39 is 23.8 Å². The summed E-state index contributed by atoms with van der Waals surface area (Å²) < 4.78 is 5.08. The Balaban J connectivity index is 1.83. The molecule has 0 spiro atoms. The van der Waals surface area contributed by atoms with Crippen LogP contribution < -0.4 is 10.4 Å². The summed E-state index contributed by atoms with van der Waals surface area (Å²) in [6.45, 7) is 4.00. The van der Waals surface area contributed by atoms with Crippen molar-refractivity contribution in [2.75, 3.05) is 11.9 Å². The third-order valence-corrected chi connectivity index (χ3v) is 6.16. The van der Waals surface area contributed by atoms with Gasteiger partial charge in [-0.05, 0) is 37.7 Å². The largest absolute Gasteiger partial charge is 0.550 e. The van der Waals surface area contributed by atoms with Gasteiger partial charge in [0, 0.05) is 16.8 Å². The van der Waals surface area contributed by atoms with Gasteiger partial charge in [0.05, 0.1) is 18.1 Å². The number of carboxylic acids is 1. The Kier molecular flexibility index (Phi) is 5.46. The van der Waals surface area contributed by atoms with E-state index in [1.807, 2.05) is 19.1 Å². The normalized spacial score (nSPS) is 26.1. The zero-order chi connectivity index (χ0) is 18.8. The van der Waals surface area contributed by atoms with Gasteiger partial charge in [-0.3, -0.25) is 4.79 Å². The molecular weight excluding hydrogens is 354 g/mol. The molecule has 2 aliphatic carbocycles. The molecule has 1 amide bonds. The lowest BCUT2D eigenvalue weighted by Gasteiger charge is -2.27. The molecule has 1 aromatic rings. The minimum absolute atomic E-state index is 0.0935. The Bertz CT molecular complexity index is 753. The first-order valence-corrected chi connectivity index (χ1v) is 9.77. The van der Waals surface area contributed by atoms with Crippen LogP contribution in [0.5, 0.6) is 0 Å². The first-order chi connectivity index (χ1) is 12.5. The highest BCUT2D eigenvalue weighted by atomic mass is 32.1. The molecule has 0 aliphatic heterocycles. The summed E-state index contributed by atoms with van der Waals surface area (Å²) in [5.41, 5.74) is 0.331. The van der Waals surface area contributed by atoms with Crippen molar-refractivity contribution in [2.45, 2.75) is 33.1 Å². The van der Waals surface area contributed by atoms with Crippen molar-refractivity contribution in [2.24, 2.45) is 23.7 Å². The zero-order valence-corrected chi connectivity index (χ0v) is 15.6. The van der Waals surface area contributed by atoms with Crippen LogP contribution in [-0.4, -0.2) is 24.5 Å². The van der Waals surface area contributed by atoms with E-state index in [0.29, 0.717) is 17.0 Å². The topological polar surface area (TPSA) is 95.5 Å². The molecule has 3 rings (SSSR count). The van der Waals surface area contributed by atoms with Gasteiger partial charge in [0.25, 0.3) is 0 Å². The van der Waals surface area contributed by atoms with Crippen LogP contribution in [0.4, 0.5) is 5.00 Å². The van der Waals surface area contributed by atoms with Gasteiger partial charge in [0.2, 0.25) is 5.91 Å². The SMILES string of the molecule is CCCc1cc(C(=O)OCC)c(NC(=O)[C@H]2[C@@H](C(=O)[O-])[C@H]3C=C[C@@H]2C3)s1. The summed E-state index contributed by atoms with van der Waals surface area (Å²) in [5.74, 6) is -3.76. The van der Waals surface area contributed by atoms with Gasteiger partial charge in [0.1, 0.15) is 5.00 Å². The second kappa shape index (κ2) is 7.61. The number of carbonyl (C=O) groups is 3. The molecule has 1 fully saturated rings. The van der Waals surface area contributed by atoms with Crippen LogP contribution in [-0.2, 0) is 20.7 Å². The van der Waals surface area contributed by atoms with Crippen molar-refractivity contribution in [1.82, 2.24) is 0 Å². The van der Waals surface area contributed by atoms with Crippen LogP contribution in [0.2, 0.25) is 0 Å². The number of rotatable bonds is 7. The monoisotopic (exact) mass is 376 g/mol. The van der Waals surface area contributed by atoms with E-state index in [1.54, 1.807) is 13.0 Å². The minimum Gasteiger partial charge on any atom is -0.550 e. The molecule has 6 nitrogen and oxygen atoms in total. The number of fused-ring (bicyclic) bond motifs is 2. The number of thiophene rings is 1. The number of anilines is 1. The number of carbonyl (C=O) groups excluding carboxylic acids is 3. The summed E-state index contributed by atoms with van der Waals surface area (Å²) in [5, 5.41) is 14.7. The number of esters is 1. The Morgan fingerprint density at radius 3 is 2.54 bits per heavy atom. The Hall–Kier alpha value is -2.15. The summed E-state index contributed by atoms with van der Waals surface area (Å²) in [4.78, 5) is 37.5. The van der Waals surface area contributed by atoms with Gasteiger partial charge >= 0.3 is 5.97 Å². The molecule has 0 saturated heterocycles. The number of hydrogen-bond donors (Lipinski definition) is 1. The third-order valence-electron chi connectivity index (χ3n) is 5.05. The van der Waals surface area contributed by atoms with Crippen LogP contribution in [0.15, 0.2) is 18.2 Å². The molecular formula is C19H22NO5S-. The first kappa shape index (κ1) is 18.6. The van der Waals surface area contributed by atoms with E-state index in [0.717, 1.165) is 17.7 Å². The van der Waals surface area contributed by atoms with Gasteiger partial charge in [-0.1, -0.05) is 25.5 Å². The average Bonchev–Trinajstić information content (AvgIpc) is 3.29. The number of hydrogen-bond acceptors (Lipinski definition) is 6. The fraction of sp³-hybridized carbons (Fsp3) is 0.526. The molecule has 26 heavy (non-hydrogen) atoms. The minimum atomic E-state index is -1.19. The number of aryl methyl sites for hydroxylation is 1. The number of amides is 1. The zero-order valence-electron chi connectivity index (χ0n) is 14.8. The number of carboxylic acid groups (broad SMARTS) is 1. The van der Waals surface area contributed by atoms with Gasteiger partial charge in [-0.25, -0.2) is 4.79 Å². The molecule has 0 radical (unpaired) electrons. The first-order valence-electron chi connectivity index (χ1n) is 8.96. The van der Waals surface area contributed by atoms with Crippen molar-refractivity contribution in [1.29, 1.82) is 0 Å². The molecule has 1 N–H and O–H groups in total. The fourth-order valence-corrected chi connectivity index (χ4v) is 5.11. The highest BCUT2D eigenvalue weighted by Crippen LogP contribution is 2.48. The Morgan fingerprint density at radius 2 is 1.92 bits per heavy atom. The van der Waals surface area contributed by atoms with E-state index >= 15 is 0 Å². The Morgan fingerprint density at radius 1 is 1.23 bits per heavy atom. The van der Waals surface area contributed by atoms with Gasteiger partial charge in [-0.2, -0.15) is 0 Å². The third kappa shape index (κ3) is 3.40. The van der Waals surface area contributed by atoms with E-state index in [4.69, 9.17) is 4.74 Å². The molecule has 0 unspecified atom stereocenters. The molecule has 7 heteroatoms. The van der Waals surface area contributed by atoms with Crippen molar-refractivity contribution >= 4 is 34.2 Å². The maximum absolute atomic E-state index is 12.8. The molecule has 1 aromatic heterocycles. The summed E-state index contributed by atoms with van der Waals surface area (Å²) >= 11 is 1.34. The predicted molar refractivity (Wildman–Crippen MR) is 95.6 cm³/mol. The molecule has 2 aliphatic rings. The maximum Gasteiger partial charge on any atom is 0.341 e. The van der Waals surface area contributed by atoms with Gasteiger partial charge in [-0.15, -0.1) is 11.3 Å². The summed E-state index contributed by atoms with van der Waals surface area (Å²) in [6, 6.07) is 1.75. The van der Waals surface area contributed by atoms with Crippen molar-refractivity contribution in [3.05, 3.63) is 28.7 Å². The molecule has 140 valence electrons. The quantitative estimate of drug-likeness (QED) is 0.580. The lowest BCUT2D eigenvalue weighted by molar-refractivity contribution is -0.313. The number of ether oxygens (including phenoxy) is 1. The molecule has 4 atom stereocenters. The maximum atomic E-state index is 12.8. The van der Waals surface area contributed by atoms with Crippen LogP contribution in [0.3, 0.4) is 0 Å². The van der Waals surface area contributed by atoms with Crippen molar-refractivity contribution in [3.63, 3.8) is 0 Å². The van der Waals surface area contributed by atoms with Crippen LogP contribution in [0.1, 0.15) is 41.9 Å². The van der Waals surface area contributed by atoms with Crippen molar-refractivity contribution in [3.8, 4) is 0 Å². The fourth-order valence-electron chi connectivity index (χ4n) is 3.96. The van der Waals surface area contributed by atoms with Crippen molar-refractivity contribution < 1.29 is 24.2 Å². The lowest BCUT2D eigenvalue weighted by Crippen LogP contribution is -2.42. The second-order valence-corrected chi connectivity index (χ2v) is 7.87. The number of aliphatic carboxylic acids is 1. The molecule has 1 heterocycles. The van der Waals surface area contributed by atoms with Crippen LogP contribution in [0, 0.1) is 23.7 Å². The standard InChI is InChI=1S/C19H23NO5S/c1-3-5-12-9-13(19(24)25-4-2)17(26-12)20-16(21)14-10-6-7-11(8-10)15(14)18(22)23/h6-7,9-11,14-15H,3-5,8H2,1-2H3,(H,20,21)(H,22,23)/p-1/t10-,11+,14-,15+/m1/s1. The molecule has 0 aromatic carbocycles. The highest BCUT2D eigenvalue weighted by Gasteiger charge is 2.48. The van der Waals surface area contributed by atoms with E-state index in [1.165, 1.54) is 11.3 Å². The molecule has 2 bridgehead atoms. The lowest BCUT2D eigenvalue weighted by atomic mass is 9.82. The van der Waals surface area contributed by atoms with Gasteiger partial charge in [0.15, 0.2) is 0 Å². The van der Waals surface area contributed by atoms with Crippen LogP contribution >= 0.6 is 11.3 Å². The summed E-state index contributed by atoms with van der Waals surface area (Å²) in [7, 11) is 0. The Labute approximate surface area is 156 Å². The summed E-state index contributed by atoms with van der Waals surface area (Å²) in [6.07, 6.45) is 6.15. The van der Waals surface area contributed by atoms with Gasteiger partial charge < -0.3 is 20.0 Å². The molecule has 1 saturated carbocycles. The predicted octanol–water partition coefficient (Wildman–Crippen LogP) is 2.00. The van der Waals surface area contributed by atoms with E-state index in [-0.39, 0.29) is 24.3 Å². The second-order valence-electron chi connectivity index (χ2n) is 6.73. The number of nitrogens with one attached hydrogen (secondary N) is 1.